The summed E-state index contributed by atoms with van der Waals surface area (Å²) in [6.45, 7) is 5.32. The molecule has 1 aliphatic heterocycles. The van der Waals surface area contributed by atoms with Gasteiger partial charge in [0, 0.05) is 0 Å². The molecule has 1 saturated heterocycles. The van der Waals surface area contributed by atoms with E-state index in [2.05, 4.69) is 4.79 Å². The van der Waals surface area contributed by atoms with E-state index in [1.807, 2.05) is 0 Å². The van der Waals surface area contributed by atoms with Crippen molar-refractivity contribution in [1.82, 2.24) is 4.90 Å². The number of hydrogen-bond acceptors (Lipinski definition) is 4. The third-order valence-corrected chi connectivity index (χ3v) is 5.16. The molecule has 0 aliphatic carbocycles. The molecule has 0 spiro atoms. The number of rotatable bonds is 1. The fourth-order valence-corrected chi connectivity index (χ4v) is 3.64. The Bertz CT molecular complexity index is 737. The lowest BCUT2D eigenvalue weighted by atomic mass is 10.2. The van der Waals surface area contributed by atoms with E-state index >= 15 is 0 Å². The molecule has 8 heteroatoms. The maximum atomic E-state index is 12.6. The molecule has 1 atom stereocenters. The van der Waals surface area contributed by atoms with Gasteiger partial charge in [-0.25, -0.2) is 8.42 Å². The van der Waals surface area contributed by atoms with E-state index in [1.165, 1.54) is 29.2 Å². The molecule has 7 nitrogen and oxygen atoms in total. The average Bonchev–Trinajstić information content (AvgIpc) is 2.73. The van der Waals surface area contributed by atoms with Crippen LogP contribution in [0, 0.1) is 0 Å². The largest absolute Gasteiger partial charge is 0.473 e. The zero-order valence-corrected chi connectivity index (χ0v) is 13.4. The van der Waals surface area contributed by atoms with Crippen LogP contribution in [0.3, 0.4) is 0 Å². The SMILES string of the molecule is CC1COC(C)(C)N1C(=O)C(=[N+]=[N-])S(=O)(=O)c1ccccc1. The first-order valence-corrected chi connectivity index (χ1v) is 8.20. The summed E-state index contributed by atoms with van der Waals surface area (Å²) in [5, 5.41) is -0.913. The summed E-state index contributed by atoms with van der Waals surface area (Å²) in [4.78, 5) is 16.5. The Morgan fingerprint density at radius 3 is 2.41 bits per heavy atom. The molecule has 1 aromatic carbocycles. The van der Waals surface area contributed by atoms with Crippen molar-refractivity contribution < 1.29 is 22.7 Å². The van der Waals surface area contributed by atoms with Crippen molar-refractivity contribution >= 4 is 20.8 Å². The summed E-state index contributed by atoms with van der Waals surface area (Å²) in [7, 11) is -4.21. The number of carbonyl (C=O) groups excluding carboxylic acids is 1. The highest BCUT2D eigenvalue weighted by Gasteiger charge is 2.49. The fraction of sp³-hybridized carbons (Fsp3) is 0.429. The van der Waals surface area contributed by atoms with Gasteiger partial charge >= 0.3 is 11.0 Å². The summed E-state index contributed by atoms with van der Waals surface area (Å²) < 4.78 is 30.5. The van der Waals surface area contributed by atoms with Crippen molar-refractivity contribution in [1.29, 1.82) is 0 Å². The second-order valence-corrected chi connectivity index (χ2v) is 7.37. The third-order valence-electron chi connectivity index (χ3n) is 3.50. The second kappa shape index (κ2) is 5.64. The van der Waals surface area contributed by atoms with E-state index in [9.17, 15) is 13.2 Å². The molecule has 0 saturated carbocycles. The normalized spacial score (nSPS) is 20.5. The van der Waals surface area contributed by atoms with Gasteiger partial charge in [0.15, 0.2) is 0 Å². The molecule has 1 heterocycles. The number of benzene rings is 1. The molecule has 0 N–H and O–H groups in total. The van der Waals surface area contributed by atoms with E-state index < -0.39 is 26.5 Å². The Morgan fingerprint density at radius 1 is 1.36 bits per heavy atom. The lowest BCUT2D eigenvalue weighted by Crippen LogP contribution is -2.51. The molecule has 0 aromatic heterocycles. The average molecular weight is 323 g/mol. The summed E-state index contributed by atoms with van der Waals surface area (Å²) in [6, 6.07) is 7.04. The molecular weight excluding hydrogens is 306 g/mol. The predicted molar refractivity (Wildman–Crippen MR) is 78.6 cm³/mol. The molecule has 22 heavy (non-hydrogen) atoms. The van der Waals surface area contributed by atoms with Crippen molar-refractivity contribution in [2.24, 2.45) is 0 Å². The predicted octanol–water partition coefficient (Wildman–Crippen LogP) is 1.07. The van der Waals surface area contributed by atoms with Crippen LogP contribution in [0.15, 0.2) is 35.2 Å². The van der Waals surface area contributed by atoms with Gasteiger partial charge in [-0.2, -0.15) is 0 Å². The van der Waals surface area contributed by atoms with Crippen molar-refractivity contribution in [3.8, 4) is 0 Å². The fourth-order valence-electron chi connectivity index (χ4n) is 2.47. The second-order valence-electron chi connectivity index (χ2n) is 5.50. The highest BCUT2D eigenvalue weighted by molar-refractivity contribution is 8.08. The molecule has 1 aromatic rings. The van der Waals surface area contributed by atoms with Gasteiger partial charge in [-0.3, -0.25) is 9.69 Å². The van der Waals surface area contributed by atoms with Gasteiger partial charge in [0.25, 0.3) is 9.84 Å². The first-order valence-electron chi connectivity index (χ1n) is 6.71. The molecule has 0 bridgehead atoms. The lowest BCUT2D eigenvalue weighted by Gasteiger charge is -2.30. The van der Waals surface area contributed by atoms with Gasteiger partial charge in [-0.05, 0) is 32.9 Å². The minimum absolute atomic E-state index is 0.110. The van der Waals surface area contributed by atoms with E-state index in [1.54, 1.807) is 26.8 Å². The van der Waals surface area contributed by atoms with Crippen LogP contribution in [0.1, 0.15) is 20.8 Å². The quantitative estimate of drug-likeness (QED) is 0.334. The number of ether oxygens (including phenoxy) is 1. The molecule has 0 radical (unpaired) electrons. The summed E-state index contributed by atoms with van der Waals surface area (Å²) in [6.07, 6.45) is 0. The van der Waals surface area contributed by atoms with Gasteiger partial charge in [0.2, 0.25) is 0 Å². The zero-order chi connectivity index (χ0) is 16.5. The first kappa shape index (κ1) is 16.4. The highest BCUT2D eigenvalue weighted by atomic mass is 32.2. The maximum Gasteiger partial charge on any atom is 0.473 e. The Balaban J connectivity index is 2.46. The maximum absolute atomic E-state index is 12.6. The van der Waals surface area contributed by atoms with Crippen LogP contribution in [-0.2, 0) is 19.4 Å². The van der Waals surface area contributed by atoms with Gasteiger partial charge in [0.1, 0.15) is 5.72 Å². The van der Waals surface area contributed by atoms with Crippen LogP contribution in [-0.4, -0.2) is 47.4 Å². The molecule has 118 valence electrons. The zero-order valence-electron chi connectivity index (χ0n) is 12.6. The number of hydrogen-bond donors (Lipinski definition) is 0. The van der Waals surface area contributed by atoms with Crippen LogP contribution in [0.5, 0.6) is 0 Å². The van der Waals surface area contributed by atoms with E-state index in [0.29, 0.717) is 0 Å². The Kier molecular flexibility index (Phi) is 4.19. The van der Waals surface area contributed by atoms with Crippen LogP contribution in [0.4, 0.5) is 0 Å². The van der Waals surface area contributed by atoms with Crippen LogP contribution < -0.4 is 0 Å². The third kappa shape index (κ3) is 2.68. The Labute approximate surface area is 129 Å². The Hall–Kier alpha value is -2.02. The van der Waals surface area contributed by atoms with E-state index in [4.69, 9.17) is 10.3 Å². The highest BCUT2D eigenvalue weighted by Crippen LogP contribution is 2.28. The van der Waals surface area contributed by atoms with Crippen molar-refractivity contribution in [2.75, 3.05) is 6.61 Å². The molecule has 1 aliphatic rings. The lowest BCUT2D eigenvalue weighted by molar-refractivity contribution is -0.141. The van der Waals surface area contributed by atoms with E-state index in [-0.39, 0.29) is 17.5 Å². The standard InChI is InChI=1S/C14H17N3O4S/c1-10-9-21-14(2,3)17(10)13(18)12(16-15)22(19,20)11-7-5-4-6-8-11/h4-8,10H,9H2,1-3H3. The molecule has 1 amide bonds. The summed E-state index contributed by atoms with van der Waals surface area (Å²) in [5.74, 6) is -0.888. The van der Waals surface area contributed by atoms with Gasteiger partial charge in [-0.1, -0.05) is 18.2 Å². The minimum Gasteiger partial charge on any atom is -0.360 e. The van der Waals surface area contributed by atoms with Crippen molar-refractivity contribution in [3.63, 3.8) is 0 Å². The first-order chi connectivity index (χ1) is 10.2. The molecular formula is C14H17N3O4S. The molecule has 1 unspecified atom stereocenters. The number of nitrogens with zero attached hydrogens (tertiary/aromatic N) is 3. The van der Waals surface area contributed by atoms with Gasteiger partial charge in [-0.15, -0.1) is 4.79 Å². The molecule has 1 fully saturated rings. The van der Waals surface area contributed by atoms with Crippen molar-refractivity contribution in [2.45, 2.75) is 37.4 Å². The van der Waals surface area contributed by atoms with E-state index in [0.717, 1.165) is 0 Å². The number of sulfone groups is 1. The minimum atomic E-state index is -4.21. The van der Waals surface area contributed by atoms with Crippen LogP contribution in [0.2, 0.25) is 0 Å². The van der Waals surface area contributed by atoms with Gasteiger partial charge < -0.3 is 10.3 Å². The van der Waals surface area contributed by atoms with Crippen LogP contribution >= 0.6 is 0 Å². The number of amides is 1. The summed E-state index contributed by atoms with van der Waals surface area (Å²) >= 11 is 0. The number of carbonyl (C=O) groups is 1. The summed E-state index contributed by atoms with van der Waals surface area (Å²) in [5.41, 5.74) is 8.16. The molecule has 2 rings (SSSR count). The topological polar surface area (TPSA) is 100 Å². The van der Waals surface area contributed by atoms with Crippen molar-refractivity contribution in [3.05, 3.63) is 35.9 Å². The monoisotopic (exact) mass is 323 g/mol. The smallest absolute Gasteiger partial charge is 0.360 e. The Morgan fingerprint density at radius 2 is 1.95 bits per heavy atom. The van der Waals surface area contributed by atoms with Crippen LogP contribution in [0.25, 0.3) is 5.53 Å². The van der Waals surface area contributed by atoms with Gasteiger partial charge in [0.05, 0.1) is 17.5 Å².